The van der Waals surface area contributed by atoms with Crippen LogP contribution in [0, 0.1) is 6.92 Å². The topological polar surface area (TPSA) is 21.1 Å². The summed E-state index contributed by atoms with van der Waals surface area (Å²) in [5, 5.41) is 6.16. The Hall–Kier alpha value is -0.0600. The molecule has 0 saturated carbocycles. The van der Waals surface area contributed by atoms with Crippen LogP contribution in [0.2, 0.25) is 5.02 Å². The van der Waals surface area contributed by atoms with E-state index in [1.807, 2.05) is 11.6 Å². The Bertz CT molecular complexity index is 387. The third-order valence-corrected chi connectivity index (χ3v) is 5.06. The lowest BCUT2D eigenvalue weighted by atomic mass is 10.1. The molecule has 0 N–H and O–H groups in total. The maximum Gasteiger partial charge on any atom is 0.0860 e. The molecule has 0 atom stereocenters. The third kappa shape index (κ3) is 3.24. The van der Waals surface area contributed by atoms with Gasteiger partial charge in [-0.3, -0.25) is 9.58 Å². The lowest BCUT2D eigenvalue weighted by molar-refractivity contribution is 0.168. The van der Waals surface area contributed by atoms with Gasteiger partial charge in [-0.2, -0.15) is 5.10 Å². The van der Waals surface area contributed by atoms with Gasteiger partial charge in [-0.15, -0.1) is 0 Å². The van der Waals surface area contributed by atoms with Crippen LogP contribution >= 0.6 is 27.5 Å². The van der Waals surface area contributed by atoms with Gasteiger partial charge in [0.15, 0.2) is 0 Å². The summed E-state index contributed by atoms with van der Waals surface area (Å²) in [5.74, 6) is 0. The smallest absolute Gasteiger partial charge is 0.0860 e. The summed E-state index contributed by atoms with van der Waals surface area (Å²) in [5.41, 5.74) is 2.11. The molecule has 3 nitrogen and oxygen atoms in total. The number of rotatable bonds is 5. The molecule has 17 heavy (non-hydrogen) atoms. The van der Waals surface area contributed by atoms with Gasteiger partial charge in [0.1, 0.15) is 0 Å². The predicted molar refractivity (Wildman–Crippen MR) is 77.0 cm³/mol. The first kappa shape index (κ1) is 15.0. The van der Waals surface area contributed by atoms with Crippen molar-refractivity contribution in [3.05, 3.63) is 16.4 Å². The molecule has 0 aliphatic carbocycles. The lowest BCUT2D eigenvalue weighted by Gasteiger charge is -2.34. The molecule has 0 aromatic carbocycles. The number of halogens is 2. The molecule has 1 aromatic heterocycles. The summed E-state index contributed by atoms with van der Waals surface area (Å²) < 4.78 is 1.98. The van der Waals surface area contributed by atoms with Gasteiger partial charge in [-0.05, 0) is 34.7 Å². The van der Waals surface area contributed by atoms with Crippen molar-refractivity contribution in [2.75, 3.05) is 12.4 Å². The summed E-state index contributed by atoms with van der Waals surface area (Å²) in [4.78, 5) is 2.29. The van der Waals surface area contributed by atoms with Crippen molar-refractivity contribution in [1.82, 2.24) is 14.7 Å². The maximum absolute atomic E-state index is 6.31. The Morgan fingerprint density at radius 1 is 1.47 bits per heavy atom. The number of nitrogens with zero attached hydrogens (tertiary/aromatic N) is 3. The van der Waals surface area contributed by atoms with E-state index in [-0.39, 0.29) is 5.54 Å². The van der Waals surface area contributed by atoms with E-state index in [2.05, 4.69) is 53.7 Å². The second-order valence-corrected chi connectivity index (χ2v) is 5.90. The average Bonchev–Trinajstić information content (AvgIpc) is 2.56. The second kappa shape index (κ2) is 5.72. The highest BCUT2D eigenvalue weighted by Gasteiger charge is 2.24. The van der Waals surface area contributed by atoms with Gasteiger partial charge in [0.25, 0.3) is 0 Å². The highest BCUT2D eigenvalue weighted by atomic mass is 79.9. The predicted octanol–water partition coefficient (Wildman–Crippen LogP) is 3.47. The van der Waals surface area contributed by atoms with Crippen molar-refractivity contribution in [2.45, 2.75) is 46.3 Å². The number of aromatic nitrogens is 2. The van der Waals surface area contributed by atoms with Crippen molar-refractivity contribution < 1.29 is 0 Å². The van der Waals surface area contributed by atoms with E-state index in [1.165, 1.54) is 0 Å². The fourth-order valence-electron chi connectivity index (χ4n) is 1.56. The molecule has 0 spiro atoms. The molecule has 0 aliphatic rings. The van der Waals surface area contributed by atoms with Gasteiger partial charge in [0, 0.05) is 24.0 Å². The normalized spacial score (nSPS) is 12.5. The van der Waals surface area contributed by atoms with Crippen LogP contribution in [0.5, 0.6) is 0 Å². The van der Waals surface area contributed by atoms with Crippen molar-refractivity contribution >= 4 is 27.5 Å². The SMILES string of the molecule is CCn1nc(C)c(Cl)c1CN(C)C(C)(C)CBr. The Morgan fingerprint density at radius 2 is 2.06 bits per heavy atom. The van der Waals surface area contributed by atoms with Gasteiger partial charge >= 0.3 is 0 Å². The highest BCUT2D eigenvalue weighted by molar-refractivity contribution is 9.09. The Kier molecular flexibility index (Phi) is 5.05. The van der Waals surface area contributed by atoms with Crippen molar-refractivity contribution in [3.63, 3.8) is 0 Å². The fourth-order valence-corrected chi connectivity index (χ4v) is 2.18. The molecule has 0 unspecified atom stereocenters. The van der Waals surface area contributed by atoms with Crippen LogP contribution in [0.4, 0.5) is 0 Å². The first-order valence-electron chi connectivity index (χ1n) is 5.82. The van der Waals surface area contributed by atoms with Crippen molar-refractivity contribution in [2.24, 2.45) is 0 Å². The minimum Gasteiger partial charge on any atom is -0.295 e. The molecular formula is C12H21BrClN3. The molecule has 0 amide bonds. The quantitative estimate of drug-likeness (QED) is 0.774. The van der Waals surface area contributed by atoms with E-state index in [4.69, 9.17) is 11.6 Å². The molecule has 1 rings (SSSR count). The van der Waals surface area contributed by atoms with Gasteiger partial charge in [0.2, 0.25) is 0 Å². The second-order valence-electron chi connectivity index (χ2n) is 4.96. The zero-order chi connectivity index (χ0) is 13.2. The largest absolute Gasteiger partial charge is 0.295 e. The number of aryl methyl sites for hydroxylation is 2. The zero-order valence-corrected chi connectivity index (χ0v) is 13.6. The molecule has 0 fully saturated rings. The average molecular weight is 323 g/mol. The van der Waals surface area contributed by atoms with Crippen LogP contribution in [0.1, 0.15) is 32.2 Å². The summed E-state index contributed by atoms with van der Waals surface area (Å²) >= 11 is 9.86. The summed E-state index contributed by atoms with van der Waals surface area (Å²) in [6.45, 7) is 10.1. The van der Waals surface area contributed by atoms with E-state index in [0.29, 0.717) is 0 Å². The first-order valence-corrected chi connectivity index (χ1v) is 7.32. The van der Waals surface area contributed by atoms with Crippen LogP contribution in [-0.2, 0) is 13.1 Å². The van der Waals surface area contributed by atoms with E-state index in [9.17, 15) is 0 Å². The molecule has 1 heterocycles. The number of hydrogen-bond acceptors (Lipinski definition) is 2. The molecule has 5 heteroatoms. The molecule has 0 bridgehead atoms. The lowest BCUT2D eigenvalue weighted by Crippen LogP contribution is -2.42. The molecule has 98 valence electrons. The summed E-state index contributed by atoms with van der Waals surface area (Å²) in [6.07, 6.45) is 0. The Balaban J connectivity index is 2.95. The Morgan fingerprint density at radius 3 is 2.53 bits per heavy atom. The van der Waals surface area contributed by atoms with Gasteiger partial charge < -0.3 is 0 Å². The van der Waals surface area contributed by atoms with Crippen LogP contribution in [0.3, 0.4) is 0 Å². The molecular weight excluding hydrogens is 302 g/mol. The van der Waals surface area contributed by atoms with Gasteiger partial charge in [-0.25, -0.2) is 0 Å². The number of hydrogen-bond donors (Lipinski definition) is 0. The summed E-state index contributed by atoms with van der Waals surface area (Å²) in [6, 6.07) is 0. The van der Waals surface area contributed by atoms with Crippen LogP contribution < -0.4 is 0 Å². The number of alkyl halides is 1. The maximum atomic E-state index is 6.31. The standard InChI is InChI=1S/C12H21BrClN3/c1-6-17-10(11(14)9(2)15-17)7-16(5)12(3,4)8-13/h6-8H2,1-5H3. The van der Waals surface area contributed by atoms with Crippen LogP contribution in [0.25, 0.3) is 0 Å². The first-order chi connectivity index (χ1) is 7.83. The third-order valence-electron chi connectivity index (χ3n) is 3.20. The van der Waals surface area contributed by atoms with Crippen molar-refractivity contribution in [1.29, 1.82) is 0 Å². The monoisotopic (exact) mass is 321 g/mol. The van der Waals surface area contributed by atoms with E-state index < -0.39 is 0 Å². The molecule has 0 aliphatic heterocycles. The zero-order valence-electron chi connectivity index (χ0n) is 11.2. The molecule has 0 saturated heterocycles. The van der Waals surface area contributed by atoms with Crippen LogP contribution in [0.15, 0.2) is 0 Å². The van der Waals surface area contributed by atoms with Crippen molar-refractivity contribution in [3.8, 4) is 0 Å². The van der Waals surface area contributed by atoms with E-state index >= 15 is 0 Å². The Labute approximate surface area is 117 Å². The van der Waals surface area contributed by atoms with E-state index in [0.717, 1.165) is 34.8 Å². The highest BCUT2D eigenvalue weighted by Crippen LogP contribution is 2.24. The van der Waals surface area contributed by atoms with Gasteiger partial charge in [0.05, 0.1) is 16.4 Å². The molecule has 1 aromatic rings. The minimum absolute atomic E-state index is 0.0973. The fraction of sp³-hybridized carbons (Fsp3) is 0.750. The van der Waals surface area contributed by atoms with E-state index in [1.54, 1.807) is 0 Å². The molecule has 0 radical (unpaired) electrons. The minimum atomic E-state index is 0.0973. The van der Waals surface area contributed by atoms with Gasteiger partial charge in [-0.1, -0.05) is 27.5 Å². The summed E-state index contributed by atoms with van der Waals surface area (Å²) in [7, 11) is 2.11. The van der Waals surface area contributed by atoms with Crippen LogP contribution in [-0.4, -0.2) is 32.6 Å².